The molecular weight excluding hydrogens is 384 g/mol. The summed E-state index contributed by atoms with van der Waals surface area (Å²) in [4.78, 5) is 30.9. The number of aromatic nitrogens is 5. The highest BCUT2D eigenvalue weighted by Gasteiger charge is 2.17. The van der Waals surface area contributed by atoms with Gasteiger partial charge < -0.3 is 15.0 Å². The Morgan fingerprint density at radius 3 is 2.93 bits per heavy atom. The van der Waals surface area contributed by atoms with Gasteiger partial charge in [-0.1, -0.05) is 18.2 Å². The van der Waals surface area contributed by atoms with E-state index in [1.54, 1.807) is 29.9 Å². The number of H-pyrrole nitrogens is 1. The molecule has 3 heterocycles. The van der Waals surface area contributed by atoms with Crippen molar-refractivity contribution in [2.45, 2.75) is 26.0 Å². The van der Waals surface area contributed by atoms with Crippen LogP contribution < -0.4 is 15.6 Å². The Balaban J connectivity index is 1.38. The second kappa shape index (κ2) is 8.56. The van der Waals surface area contributed by atoms with Gasteiger partial charge >= 0.3 is 0 Å². The smallest absolute Gasteiger partial charge is 0.293 e. The molecule has 9 nitrogen and oxygen atoms in total. The molecule has 9 heteroatoms. The molecule has 152 valence electrons. The van der Waals surface area contributed by atoms with Crippen LogP contribution in [0.5, 0.6) is 5.75 Å². The zero-order valence-electron chi connectivity index (χ0n) is 16.3. The van der Waals surface area contributed by atoms with E-state index in [1.807, 2.05) is 36.4 Å². The van der Waals surface area contributed by atoms with Crippen molar-refractivity contribution >= 4 is 11.6 Å². The van der Waals surface area contributed by atoms with Gasteiger partial charge in [-0.05, 0) is 30.7 Å². The van der Waals surface area contributed by atoms with E-state index in [9.17, 15) is 9.59 Å². The third-order valence-electron chi connectivity index (χ3n) is 4.52. The third-order valence-corrected chi connectivity index (χ3v) is 4.52. The van der Waals surface area contributed by atoms with Crippen LogP contribution in [0.4, 0.5) is 0 Å². The lowest BCUT2D eigenvalue weighted by Gasteiger charge is -2.13. The second-order valence-electron chi connectivity index (χ2n) is 6.80. The van der Waals surface area contributed by atoms with Crippen molar-refractivity contribution < 1.29 is 9.53 Å². The molecule has 30 heavy (non-hydrogen) atoms. The van der Waals surface area contributed by atoms with Crippen LogP contribution in [0.1, 0.15) is 29.9 Å². The number of carbonyl (C=O) groups is 1. The molecule has 1 atom stereocenters. The van der Waals surface area contributed by atoms with Gasteiger partial charge in [0.25, 0.3) is 5.56 Å². The van der Waals surface area contributed by atoms with E-state index in [2.05, 4.69) is 25.5 Å². The van der Waals surface area contributed by atoms with Gasteiger partial charge in [0, 0.05) is 30.4 Å². The summed E-state index contributed by atoms with van der Waals surface area (Å²) in [6.07, 6.45) is 6.81. The number of pyridine rings is 1. The molecule has 0 bridgehead atoms. The number of aromatic amines is 1. The minimum absolute atomic E-state index is 0.173. The van der Waals surface area contributed by atoms with Gasteiger partial charge in [0.15, 0.2) is 5.82 Å². The van der Waals surface area contributed by atoms with Crippen LogP contribution >= 0.6 is 0 Å². The van der Waals surface area contributed by atoms with E-state index in [4.69, 9.17) is 4.74 Å². The number of hydrogen-bond donors (Lipinski definition) is 2. The van der Waals surface area contributed by atoms with Crippen LogP contribution in [0.25, 0.3) is 5.65 Å². The summed E-state index contributed by atoms with van der Waals surface area (Å²) in [6, 6.07) is 10.8. The Morgan fingerprint density at radius 1 is 1.23 bits per heavy atom. The SMILES string of the molecule is CC(NC(=O)Cc1cccc(OCc2cccnc2)c1)c1nnc2c(=O)[nH]ccn12. The Labute approximate surface area is 171 Å². The summed E-state index contributed by atoms with van der Waals surface area (Å²) >= 11 is 0. The zero-order valence-corrected chi connectivity index (χ0v) is 16.3. The molecule has 1 unspecified atom stereocenters. The monoisotopic (exact) mass is 404 g/mol. The molecule has 4 aromatic rings. The number of nitrogens with zero attached hydrogens (tertiary/aromatic N) is 4. The number of carbonyl (C=O) groups excluding carboxylic acids is 1. The fourth-order valence-electron chi connectivity index (χ4n) is 3.09. The average molecular weight is 404 g/mol. The van der Waals surface area contributed by atoms with Gasteiger partial charge in [0.1, 0.15) is 12.4 Å². The molecule has 0 aliphatic heterocycles. The molecule has 0 saturated carbocycles. The number of ether oxygens (including phenoxy) is 1. The van der Waals surface area contributed by atoms with Crippen molar-refractivity contribution in [2.75, 3.05) is 0 Å². The van der Waals surface area contributed by atoms with Crippen molar-refractivity contribution in [3.8, 4) is 5.75 Å². The number of nitrogens with one attached hydrogen (secondary N) is 2. The molecule has 4 rings (SSSR count). The van der Waals surface area contributed by atoms with Crippen LogP contribution in [0.2, 0.25) is 0 Å². The highest BCUT2D eigenvalue weighted by Crippen LogP contribution is 2.16. The lowest BCUT2D eigenvalue weighted by Crippen LogP contribution is -2.29. The van der Waals surface area contributed by atoms with Crippen molar-refractivity contribution in [2.24, 2.45) is 0 Å². The fourth-order valence-corrected chi connectivity index (χ4v) is 3.09. The van der Waals surface area contributed by atoms with Gasteiger partial charge in [-0.15, -0.1) is 10.2 Å². The van der Waals surface area contributed by atoms with Crippen LogP contribution in [0, 0.1) is 0 Å². The molecule has 0 fully saturated rings. The number of hydrogen-bond acceptors (Lipinski definition) is 6. The van der Waals surface area contributed by atoms with Crippen LogP contribution in [0.3, 0.4) is 0 Å². The summed E-state index contributed by atoms with van der Waals surface area (Å²) in [6.45, 7) is 2.20. The Morgan fingerprint density at radius 2 is 2.10 bits per heavy atom. The number of fused-ring (bicyclic) bond motifs is 1. The lowest BCUT2D eigenvalue weighted by molar-refractivity contribution is -0.121. The Hall–Kier alpha value is -4.01. The normalized spacial score (nSPS) is 11.9. The first-order chi connectivity index (χ1) is 14.6. The first-order valence-electron chi connectivity index (χ1n) is 9.42. The maximum absolute atomic E-state index is 12.5. The lowest BCUT2D eigenvalue weighted by atomic mass is 10.1. The predicted octanol–water partition coefficient (Wildman–Crippen LogP) is 1.81. The summed E-state index contributed by atoms with van der Waals surface area (Å²) in [5.41, 5.74) is 1.64. The summed E-state index contributed by atoms with van der Waals surface area (Å²) in [5, 5.41) is 10.8. The van der Waals surface area contributed by atoms with Gasteiger partial charge in [-0.25, -0.2) is 0 Å². The predicted molar refractivity (Wildman–Crippen MR) is 109 cm³/mol. The first-order valence-corrected chi connectivity index (χ1v) is 9.42. The Kier molecular flexibility index (Phi) is 5.51. The number of benzene rings is 1. The molecule has 3 aromatic heterocycles. The quantitative estimate of drug-likeness (QED) is 0.486. The van der Waals surface area contributed by atoms with E-state index in [0.717, 1.165) is 11.1 Å². The van der Waals surface area contributed by atoms with E-state index in [1.165, 1.54) is 6.20 Å². The molecule has 1 amide bonds. The summed E-state index contributed by atoms with van der Waals surface area (Å²) in [5.74, 6) is 0.992. The first kappa shape index (κ1) is 19.3. The molecule has 0 saturated heterocycles. The van der Waals surface area contributed by atoms with E-state index >= 15 is 0 Å². The molecule has 0 spiro atoms. The highest BCUT2D eigenvalue weighted by molar-refractivity contribution is 5.79. The second-order valence-corrected chi connectivity index (χ2v) is 6.80. The van der Waals surface area contributed by atoms with Gasteiger partial charge in [-0.2, -0.15) is 0 Å². The van der Waals surface area contributed by atoms with Gasteiger partial charge in [0.2, 0.25) is 11.6 Å². The molecule has 0 radical (unpaired) electrons. The number of amides is 1. The van der Waals surface area contributed by atoms with E-state index in [0.29, 0.717) is 18.2 Å². The van der Waals surface area contributed by atoms with Crippen molar-refractivity contribution in [1.82, 2.24) is 29.9 Å². The van der Waals surface area contributed by atoms with Crippen LogP contribution in [-0.2, 0) is 17.8 Å². The van der Waals surface area contributed by atoms with Crippen molar-refractivity contribution in [1.29, 1.82) is 0 Å². The zero-order chi connectivity index (χ0) is 20.9. The molecule has 2 N–H and O–H groups in total. The summed E-state index contributed by atoms with van der Waals surface area (Å²) in [7, 11) is 0. The average Bonchev–Trinajstić information content (AvgIpc) is 3.19. The maximum atomic E-state index is 12.5. The molecular formula is C21H20N6O3. The standard InChI is InChI=1S/C21H20N6O3/c1-14(19-25-26-20-21(29)23-8-9-27(19)20)24-18(28)11-15-4-2-6-17(10-15)30-13-16-5-3-7-22-12-16/h2-10,12,14H,11,13H2,1H3,(H,23,29)(H,24,28). The molecule has 1 aromatic carbocycles. The molecule has 0 aliphatic rings. The van der Waals surface area contributed by atoms with Crippen LogP contribution in [0.15, 0.2) is 66.0 Å². The number of rotatable bonds is 7. The van der Waals surface area contributed by atoms with Crippen molar-refractivity contribution in [3.63, 3.8) is 0 Å². The molecule has 0 aliphatic carbocycles. The van der Waals surface area contributed by atoms with Gasteiger partial charge in [-0.3, -0.25) is 19.0 Å². The van der Waals surface area contributed by atoms with Crippen LogP contribution in [-0.4, -0.2) is 30.5 Å². The highest BCUT2D eigenvalue weighted by atomic mass is 16.5. The van der Waals surface area contributed by atoms with Gasteiger partial charge in [0.05, 0.1) is 12.5 Å². The third kappa shape index (κ3) is 4.35. The maximum Gasteiger partial charge on any atom is 0.293 e. The topological polar surface area (TPSA) is 114 Å². The largest absolute Gasteiger partial charge is 0.489 e. The minimum Gasteiger partial charge on any atom is -0.489 e. The van der Waals surface area contributed by atoms with E-state index < -0.39 is 6.04 Å². The minimum atomic E-state index is -0.417. The van der Waals surface area contributed by atoms with E-state index in [-0.39, 0.29) is 23.5 Å². The van der Waals surface area contributed by atoms with Crippen molar-refractivity contribution in [3.05, 3.63) is 88.5 Å². The Bertz CT molecular complexity index is 1220. The fraction of sp³-hybridized carbons (Fsp3) is 0.190. The summed E-state index contributed by atoms with van der Waals surface area (Å²) < 4.78 is 7.35.